The maximum Gasteiger partial charge on any atom is 0.566 e. The van der Waals surface area contributed by atoms with Crippen LogP contribution in [0.1, 0.15) is 0 Å². The molecule has 7 heavy (non-hydrogen) atoms. The summed E-state index contributed by atoms with van der Waals surface area (Å²) in [4.78, 5) is 0. The van der Waals surface area contributed by atoms with Gasteiger partial charge < -0.3 is 0 Å². The van der Waals surface area contributed by atoms with E-state index in [1.165, 1.54) is 0 Å². The van der Waals surface area contributed by atoms with E-state index in [0.29, 0.717) is 0 Å². The normalized spacial score (nSPS) is 11.6. The highest BCUT2D eigenvalue weighted by molar-refractivity contribution is 7.83. The molecule has 42 valence electrons. The summed E-state index contributed by atoms with van der Waals surface area (Å²) in [7, 11) is 0. The summed E-state index contributed by atoms with van der Waals surface area (Å²) in [5, 5.41) is 0. The Morgan fingerprint density at radius 2 is 1.29 bits per heavy atom. The fourth-order valence-corrected chi connectivity index (χ4v) is 0. The van der Waals surface area contributed by atoms with Gasteiger partial charge in [-0.3, -0.25) is 8.63 Å². The van der Waals surface area contributed by atoms with Crippen LogP contribution in [0.5, 0.6) is 0 Å². The second kappa shape index (κ2) is 2.53. The largest absolute Gasteiger partial charge is 0.566 e. The van der Waals surface area contributed by atoms with Crippen molar-refractivity contribution in [3.8, 4) is 0 Å². The molecule has 0 aliphatic carbocycles. The van der Waals surface area contributed by atoms with E-state index in [2.05, 4.69) is 0 Å². The molecule has 0 unspecified atom stereocenters. The van der Waals surface area contributed by atoms with Crippen LogP contribution in [-0.4, -0.2) is 12.7 Å². The van der Waals surface area contributed by atoms with Crippen LogP contribution in [0, 0.1) is 0 Å². The molecule has 0 fully saturated rings. The summed E-state index contributed by atoms with van der Waals surface area (Å²) < 4.78 is 22.4. The fourth-order valence-electron chi connectivity index (χ4n) is 0. The quantitative estimate of drug-likeness (QED) is 0.431. The van der Waals surface area contributed by atoms with Crippen LogP contribution < -0.4 is 0 Å². The van der Waals surface area contributed by atoms with Crippen molar-refractivity contribution >= 4 is 46.0 Å². The molecule has 0 radical (unpaired) electrons. The Balaban J connectivity index is 3.54. The predicted molar refractivity (Wildman–Crippen MR) is 31.3 cm³/mol. The molecule has 0 rings (SSSR count). The van der Waals surface area contributed by atoms with E-state index >= 15 is 0 Å². The second-order valence-corrected chi connectivity index (χ2v) is 9.47. The van der Waals surface area contributed by atoms with Crippen molar-refractivity contribution in [1.82, 2.24) is 0 Å². The number of rotatable bonds is 1. The molecule has 0 spiro atoms. The molecule has 0 aliphatic heterocycles. The van der Waals surface area contributed by atoms with Gasteiger partial charge >= 0.3 is 12.7 Å². The minimum atomic E-state index is -3.65. The molecule has 0 bridgehead atoms. The Morgan fingerprint density at radius 3 is 1.29 bits per heavy atom. The number of halogens is 5. The topological polar surface area (TPSA) is 0 Å². The zero-order valence-electron chi connectivity index (χ0n) is 2.97. The van der Waals surface area contributed by atoms with Crippen LogP contribution >= 0.6 is 33.2 Å². The average Bonchev–Trinajstić information content (AvgIpc) is 1.31. The summed E-state index contributed by atoms with van der Waals surface area (Å²) in [6.07, 6.45) is 0. The van der Waals surface area contributed by atoms with Gasteiger partial charge in [-0.2, -0.15) is 0 Å². The van der Waals surface area contributed by atoms with Crippen LogP contribution in [0.25, 0.3) is 0 Å². The zero-order valence-corrected chi connectivity index (χ0v) is 6.23. The maximum absolute atomic E-state index is 11.2. The van der Waals surface area contributed by atoms with Gasteiger partial charge in [0.1, 0.15) is 0 Å². The molecule has 0 aliphatic rings. The summed E-state index contributed by atoms with van der Waals surface area (Å²) in [5.74, 6) is -3.65. The van der Waals surface area contributed by atoms with E-state index in [4.69, 9.17) is 33.2 Å². The summed E-state index contributed by atoms with van der Waals surface area (Å²) in [6.45, 7) is -2.77. The van der Waals surface area contributed by atoms with Crippen LogP contribution in [0.3, 0.4) is 0 Å². The SMILES string of the molecule is FB(F)[Si](Cl)(Cl)Cl. The Kier molecular flexibility index (Phi) is 2.89. The highest BCUT2D eigenvalue weighted by atomic mass is 35.8. The molecule has 0 aromatic carbocycles. The Hall–Kier alpha value is 1.01. The number of hydrogen-bond donors (Lipinski definition) is 0. The van der Waals surface area contributed by atoms with Crippen LogP contribution in [-0.2, 0) is 0 Å². The molecule has 0 saturated carbocycles. The van der Waals surface area contributed by atoms with Crippen LogP contribution in [0.2, 0.25) is 0 Å². The molecule has 7 heteroatoms. The molecule has 0 nitrogen and oxygen atoms in total. The number of hydrogen-bond acceptors (Lipinski definition) is 0. The van der Waals surface area contributed by atoms with E-state index in [1.807, 2.05) is 0 Å². The molecular formula is BCl3F2Si. The molecule has 0 aromatic heterocycles. The summed E-state index contributed by atoms with van der Waals surface area (Å²) in [6, 6.07) is 0. The van der Waals surface area contributed by atoms with Gasteiger partial charge in [-0.05, 0) is 0 Å². The van der Waals surface area contributed by atoms with E-state index in [-0.39, 0.29) is 0 Å². The standard InChI is InChI=1S/BCl3F2Si/c2-7(3,4)1(5)6. The van der Waals surface area contributed by atoms with Gasteiger partial charge in [0.2, 0.25) is 0 Å². The van der Waals surface area contributed by atoms with Crippen molar-refractivity contribution in [3.63, 3.8) is 0 Å². The first-order valence-electron chi connectivity index (χ1n) is 1.29. The van der Waals surface area contributed by atoms with Crippen molar-refractivity contribution in [2.75, 3.05) is 0 Å². The van der Waals surface area contributed by atoms with Crippen molar-refractivity contribution in [1.29, 1.82) is 0 Å². The first-order valence-corrected chi connectivity index (χ1v) is 6.40. The molecule has 0 N–H and O–H groups in total. The first kappa shape index (κ1) is 8.01. The Morgan fingerprint density at radius 1 is 1.14 bits per heavy atom. The lowest BCUT2D eigenvalue weighted by Gasteiger charge is -1.97. The molecule has 0 amide bonds. The Bertz CT molecular complexity index is 58.4. The third kappa shape index (κ3) is 3.58. The van der Waals surface area contributed by atoms with E-state index < -0.39 is 12.7 Å². The van der Waals surface area contributed by atoms with Crippen molar-refractivity contribution < 1.29 is 8.63 Å². The minimum Gasteiger partial charge on any atom is -0.286 e. The Labute approximate surface area is 55.0 Å². The van der Waals surface area contributed by atoms with Gasteiger partial charge in [0.25, 0.3) is 0 Å². The lowest BCUT2D eigenvalue weighted by Crippen LogP contribution is -2.27. The lowest BCUT2D eigenvalue weighted by atomic mass is 10.5. The van der Waals surface area contributed by atoms with Gasteiger partial charge in [0.05, 0.1) is 0 Å². The third-order valence-electron chi connectivity index (χ3n) is 0.247. The average molecular weight is 183 g/mol. The van der Waals surface area contributed by atoms with E-state index in [9.17, 15) is 8.63 Å². The van der Waals surface area contributed by atoms with Gasteiger partial charge in [-0.1, -0.05) is 0 Å². The summed E-state index contributed by atoms with van der Waals surface area (Å²) in [5.41, 5.74) is 0. The molecular weight excluding hydrogens is 183 g/mol. The third-order valence-corrected chi connectivity index (χ3v) is 2.23. The fraction of sp³-hybridized carbons (Fsp3) is 0. The van der Waals surface area contributed by atoms with Gasteiger partial charge in [0.15, 0.2) is 0 Å². The monoisotopic (exact) mass is 182 g/mol. The molecule has 0 saturated heterocycles. The lowest BCUT2D eigenvalue weighted by molar-refractivity contribution is 0.695. The minimum absolute atomic E-state index is 2.77. The van der Waals surface area contributed by atoms with Crippen molar-refractivity contribution in [2.24, 2.45) is 0 Å². The highest BCUT2D eigenvalue weighted by Crippen LogP contribution is 2.23. The predicted octanol–water partition coefficient (Wildman–Crippen LogP) is 2.15. The zero-order chi connectivity index (χ0) is 6.08. The van der Waals surface area contributed by atoms with E-state index in [0.717, 1.165) is 0 Å². The highest BCUT2D eigenvalue weighted by Gasteiger charge is 2.44. The van der Waals surface area contributed by atoms with Crippen LogP contribution in [0.15, 0.2) is 0 Å². The van der Waals surface area contributed by atoms with Gasteiger partial charge in [0, 0.05) is 0 Å². The molecule has 0 aromatic rings. The van der Waals surface area contributed by atoms with Gasteiger partial charge in [-0.15, -0.1) is 33.2 Å². The van der Waals surface area contributed by atoms with Gasteiger partial charge in [-0.25, -0.2) is 0 Å². The maximum atomic E-state index is 11.2. The molecule has 0 atom stereocenters. The molecule has 0 heterocycles. The first-order chi connectivity index (χ1) is 2.94. The van der Waals surface area contributed by atoms with Crippen LogP contribution in [0.4, 0.5) is 8.63 Å². The van der Waals surface area contributed by atoms with Crippen molar-refractivity contribution in [3.05, 3.63) is 0 Å². The van der Waals surface area contributed by atoms with E-state index in [1.54, 1.807) is 0 Å². The van der Waals surface area contributed by atoms with Crippen molar-refractivity contribution in [2.45, 2.75) is 0 Å². The summed E-state index contributed by atoms with van der Waals surface area (Å²) >= 11 is 14.4. The smallest absolute Gasteiger partial charge is 0.286 e. The second-order valence-electron chi connectivity index (χ2n) is 0.842.